The molecule has 0 N–H and O–H groups in total. The number of carbonyl (C=O) groups excluding carboxylic acids is 2. The summed E-state index contributed by atoms with van der Waals surface area (Å²) < 4.78 is 6.94. The van der Waals surface area contributed by atoms with Crippen LogP contribution in [0.1, 0.15) is 70.5 Å². The van der Waals surface area contributed by atoms with Gasteiger partial charge in [0.2, 0.25) is 0 Å². The van der Waals surface area contributed by atoms with E-state index in [2.05, 4.69) is 14.8 Å². The van der Waals surface area contributed by atoms with Gasteiger partial charge >= 0.3 is 5.97 Å². The van der Waals surface area contributed by atoms with Gasteiger partial charge in [-0.25, -0.2) is 4.79 Å². The maximum Gasteiger partial charge on any atom is 0.337 e. The Morgan fingerprint density at radius 2 is 1.78 bits per heavy atom. The van der Waals surface area contributed by atoms with Crippen molar-refractivity contribution in [3.05, 3.63) is 47.0 Å². The zero-order chi connectivity index (χ0) is 18.8. The van der Waals surface area contributed by atoms with E-state index in [1.54, 1.807) is 24.3 Å². The zero-order valence-electron chi connectivity index (χ0n) is 15.6. The van der Waals surface area contributed by atoms with Crippen molar-refractivity contribution < 1.29 is 14.3 Å². The molecule has 1 saturated heterocycles. The minimum Gasteiger partial charge on any atom is -0.465 e. The van der Waals surface area contributed by atoms with Crippen LogP contribution >= 0.6 is 0 Å². The molecular formula is C20H24N4O3. The molecule has 1 amide bonds. The predicted octanol–water partition coefficient (Wildman–Crippen LogP) is 2.77. The van der Waals surface area contributed by atoms with Crippen molar-refractivity contribution in [3.8, 4) is 0 Å². The fraction of sp³-hybridized carbons (Fsp3) is 0.500. The topological polar surface area (TPSA) is 77.3 Å². The summed E-state index contributed by atoms with van der Waals surface area (Å²) >= 11 is 0. The van der Waals surface area contributed by atoms with Gasteiger partial charge in [-0.3, -0.25) is 4.79 Å². The van der Waals surface area contributed by atoms with Crippen LogP contribution in [-0.2, 0) is 17.7 Å². The van der Waals surface area contributed by atoms with E-state index in [1.807, 2.05) is 4.90 Å². The van der Waals surface area contributed by atoms with Crippen LogP contribution in [-0.4, -0.2) is 45.2 Å². The zero-order valence-corrected chi connectivity index (χ0v) is 15.6. The first-order valence-electron chi connectivity index (χ1n) is 9.60. The lowest BCUT2D eigenvalue weighted by molar-refractivity contribution is 0.0599. The number of rotatable bonds is 3. The van der Waals surface area contributed by atoms with Gasteiger partial charge in [0, 0.05) is 25.1 Å². The molecule has 2 aliphatic rings. The number of hydrogen-bond acceptors (Lipinski definition) is 5. The van der Waals surface area contributed by atoms with E-state index in [0.717, 1.165) is 50.3 Å². The van der Waals surface area contributed by atoms with E-state index < -0.39 is 5.97 Å². The minimum atomic E-state index is -0.404. The quantitative estimate of drug-likeness (QED) is 0.779. The lowest BCUT2D eigenvalue weighted by Crippen LogP contribution is -2.32. The molecule has 0 unspecified atom stereocenters. The lowest BCUT2D eigenvalue weighted by Gasteiger charge is -2.25. The van der Waals surface area contributed by atoms with Crippen molar-refractivity contribution in [2.75, 3.05) is 13.7 Å². The first kappa shape index (κ1) is 17.7. The highest BCUT2D eigenvalue weighted by atomic mass is 16.5. The maximum absolute atomic E-state index is 13.1. The van der Waals surface area contributed by atoms with E-state index in [-0.39, 0.29) is 11.9 Å². The maximum atomic E-state index is 13.1. The van der Waals surface area contributed by atoms with E-state index in [9.17, 15) is 9.59 Å². The average Bonchev–Trinajstić information content (AvgIpc) is 3.27. The number of likely N-dealkylation sites (tertiary alicyclic amines) is 1. The average molecular weight is 368 g/mol. The Kier molecular flexibility index (Phi) is 4.92. The number of aryl methyl sites for hydroxylation is 1. The second kappa shape index (κ2) is 7.50. The second-order valence-corrected chi connectivity index (χ2v) is 7.16. The highest BCUT2D eigenvalue weighted by Gasteiger charge is 2.34. The Morgan fingerprint density at radius 3 is 2.56 bits per heavy atom. The Labute approximate surface area is 158 Å². The van der Waals surface area contributed by atoms with Crippen molar-refractivity contribution in [2.45, 2.75) is 51.1 Å². The van der Waals surface area contributed by atoms with Crippen molar-refractivity contribution in [2.24, 2.45) is 0 Å². The van der Waals surface area contributed by atoms with E-state index >= 15 is 0 Å². The third-order valence-electron chi connectivity index (χ3n) is 5.50. The molecule has 27 heavy (non-hydrogen) atoms. The van der Waals surface area contributed by atoms with Crippen LogP contribution in [0, 0.1) is 0 Å². The Hall–Kier alpha value is -2.70. The molecule has 0 saturated carbocycles. The fourth-order valence-electron chi connectivity index (χ4n) is 4.06. The molecule has 0 aliphatic carbocycles. The third-order valence-corrected chi connectivity index (χ3v) is 5.50. The summed E-state index contributed by atoms with van der Waals surface area (Å²) in [5, 5.41) is 8.85. The number of esters is 1. The van der Waals surface area contributed by atoms with Gasteiger partial charge in [0.05, 0.1) is 18.7 Å². The van der Waals surface area contributed by atoms with Crippen LogP contribution in [0.5, 0.6) is 0 Å². The molecule has 0 radical (unpaired) electrons. The summed E-state index contributed by atoms with van der Waals surface area (Å²) in [5.74, 6) is 1.53. The van der Waals surface area contributed by atoms with Crippen LogP contribution in [0.2, 0.25) is 0 Å². The molecule has 1 aromatic carbocycles. The predicted molar refractivity (Wildman–Crippen MR) is 98.4 cm³/mol. The number of benzene rings is 1. The number of ether oxygens (including phenoxy) is 1. The molecule has 7 nitrogen and oxygen atoms in total. The van der Waals surface area contributed by atoms with Gasteiger partial charge in [-0.15, -0.1) is 10.2 Å². The lowest BCUT2D eigenvalue weighted by atomic mass is 10.1. The normalized spacial score (nSPS) is 19.4. The van der Waals surface area contributed by atoms with Crippen LogP contribution < -0.4 is 0 Å². The van der Waals surface area contributed by atoms with Gasteiger partial charge in [0.25, 0.3) is 5.91 Å². The SMILES string of the molecule is COC(=O)c1ccc(C(=O)N2CCC[C@H]2c2nnc3n2CCCCC3)cc1. The molecule has 7 heteroatoms. The number of hydrogen-bond donors (Lipinski definition) is 0. The van der Waals surface area contributed by atoms with Gasteiger partial charge in [-0.2, -0.15) is 0 Å². The molecule has 2 aromatic rings. The Morgan fingerprint density at radius 1 is 1.00 bits per heavy atom. The van der Waals surface area contributed by atoms with Crippen molar-refractivity contribution in [1.29, 1.82) is 0 Å². The molecule has 0 bridgehead atoms. The third kappa shape index (κ3) is 3.34. The van der Waals surface area contributed by atoms with Gasteiger partial charge in [0.15, 0.2) is 5.82 Å². The number of fused-ring (bicyclic) bond motifs is 1. The molecule has 1 aromatic heterocycles. The summed E-state index contributed by atoms with van der Waals surface area (Å²) in [7, 11) is 1.34. The monoisotopic (exact) mass is 368 g/mol. The number of methoxy groups -OCH3 is 1. The van der Waals surface area contributed by atoms with Crippen molar-refractivity contribution in [1.82, 2.24) is 19.7 Å². The highest BCUT2D eigenvalue weighted by molar-refractivity contribution is 5.96. The van der Waals surface area contributed by atoms with Crippen molar-refractivity contribution >= 4 is 11.9 Å². The number of aromatic nitrogens is 3. The molecule has 142 valence electrons. The summed E-state index contributed by atoms with van der Waals surface area (Å²) in [6.45, 7) is 1.65. The first-order valence-corrected chi connectivity index (χ1v) is 9.60. The number of carbonyl (C=O) groups is 2. The van der Waals surface area contributed by atoms with E-state index in [4.69, 9.17) is 4.74 Å². The summed E-state index contributed by atoms with van der Waals surface area (Å²) in [6, 6.07) is 6.61. The van der Waals surface area contributed by atoms with Gasteiger partial charge < -0.3 is 14.2 Å². The molecule has 2 aliphatic heterocycles. The molecule has 3 heterocycles. The van der Waals surface area contributed by atoms with Crippen LogP contribution in [0.25, 0.3) is 0 Å². The number of nitrogens with zero attached hydrogens (tertiary/aromatic N) is 4. The fourth-order valence-corrected chi connectivity index (χ4v) is 4.06. The van der Waals surface area contributed by atoms with Gasteiger partial charge in [-0.1, -0.05) is 6.42 Å². The molecule has 1 fully saturated rings. The van der Waals surface area contributed by atoms with E-state index in [0.29, 0.717) is 17.7 Å². The van der Waals surface area contributed by atoms with Crippen molar-refractivity contribution in [3.63, 3.8) is 0 Å². The molecule has 0 spiro atoms. The molecular weight excluding hydrogens is 344 g/mol. The minimum absolute atomic E-state index is 0.0279. The molecule has 4 rings (SSSR count). The first-order chi connectivity index (χ1) is 13.2. The standard InChI is InChI=1S/C20H24N4O3/c1-27-20(26)15-10-8-14(9-11-15)19(25)23-13-5-6-16(23)18-22-21-17-7-3-2-4-12-24(17)18/h8-11,16H,2-7,12-13H2,1H3/t16-/m0/s1. The summed E-state index contributed by atoms with van der Waals surface area (Å²) in [5.41, 5.74) is 1.01. The smallest absolute Gasteiger partial charge is 0.337 e. The Bertz CT molecular complexity index is 843. The molecule has 1 atom stereocenters. The summed E-state index contributed by atoms with van der Waals surface area (Å²) in [6.07, 6.45) is 6.32. The van der Waals surface area contributed by atoms with Crippen LogP contribution in [0.4, 0.5) is 0 Å². The summed E-state index contributed by atoms with van der Waals surface area (Å²) in [4.78, 5) is 26.6. The van der Waals surface area contributed by atoms with E-state index in [1.165, 1.54) is 13.5 Å². The highest BCUT2D eigenvalue weighted by Crippen LogP contribution is 2.33. The largest absolute Gasteiger partial charge is 0.465 e. The van der Waals surface area contributed by atoms with Crippen LogP contribution in [0.15, 0.2) is 24.3 Å². The van der Waals surface area contributed by atoms with Crippen LogP contribution in [0.3, 0.4) is 0 Å². The van der Waals surface area contributed by atoms with Gasteiger partial charge in [0.1, 0.15) is 5.82 Å². The second-order valence-electron chi connectivity index (χ2n) is 7.16. The number of amides is 1. The van der Waals surface area contributed by atoms with Gasteiger partial charge in [-0.05, 0) is 49.9 Å². The Balaban J connectivity index is 1.57.